The lowest BCUT2D eigenvalue weighted by Gasteiger charge is -1.99. The molecule has 0 saturated heterocycles. The molecule has 4 nitrogen and oxygen atoms in total. The number of hydrogen-bond donors (Lipinski definition) is 1. The normalized spacial score (nSPS) is 8.71. The van der Waals surface area contributed by atoms with Crippen LogP contribution in [0.4, 0.5) is 0 Å². The van der Waals surface area contributed by atoms with Crippen molar-refractivity contribution in [1.29, 1.82) is 0 Å². The van der Waals surface area contributed by atoms with E-state index in [9.17, 15) is 4.79 Å². The second-order valence-electron chi connectivity index (χ2n) is 2.35. The lowest BCUT2D eigenvalue weighted by atomic mass is 10.2. The van der Waals surface area contributed by atoms with Crippen molar-refractivity contribution in [2.24, 2.45) is 0 Å². The first kappa shape index (κ1) is 10.2. The van der Waals surface area contributed by atoms with Crippen molar-refractivity contribution in [3.05, 3.63) is 29.6 Å². The summed E-state index contributed by atoms with van der Waals surface area (Å²) in [5.74, 6) is 4.50. The minimum Gasteiger partial charge on any atom is -0.465 e. The second kappa shape index (κ2) is 5.00. The molecule has 1 N–H and O–H groups in total. The average molecular weight is 191 g/mol. The van der Waals surface area contributed by atoms with Gasteiger partial charge in [0.1, 0.15) is 12.3 Å². The molecular weight excluding hydrogens is 182 g/mol. The lowest BCUT2D eigenvalue weighted by molar-refractivity contribution is 0.0600. The van der Waals surface area contributed by atoms with E-state index < -0.39 is 5.97 Å². The zero-order valence-corrected chi connectivity index (χ0v) is 7.65. The monoisotopic (exact) mass is 191 g/mol. The van der Waals surface area contributed by atoms with Gasteiger partial charge in [-0.25, -0.2) is 9.78 Å². The van der Waals surface area contributed by atoms with Gasteiger partial charge in [-0.05, 0) is 18.1 Å². The van der Waals surface area contributed by atoms with Gasteiger partial charge in [-0.15, -0.1) is 0 Å². The molecule has 0 aromatic carbocycles. The molecule has 14 heavy (non-hydrogen) atoms. The zero-order chi connectivity index (χ0) is 10.4. The van der Waals surface area contributed by atoms with E-state index in [0.29, 0.717) is 11.3 Å². The predicted molar refractivity (Wildman–Crippen MR) is 49.5 cm³/mol. The number of carbonyl (C=O) groups is 1. The Morgan fingerprint density at radius 3 is 3.14 bits per heavy atom. The maximum atomic E-state index is 11.2. The van der Waals surface area contributed by atoms with E-state index in [1.807, 2.05) is 0 Å². The van der Waals surface area contributed by atoms with Gasteiger partial charge in [-0.2, -0.15) is 0 Å². The van der Waals surface area contributed by atoms with Crippen molar-refractivity contribution in [3.8, 4) is 11.8 Å². The quantitative estimate of drug-likeness (QED) is 0.509. The molecule has 0 saturated carbocycles. The first-order valence-electron chi connectivity index (χ1n) is 3.92. The van der Waals surface area contributed by atoms with E-state index in [1.165, 1.54) is 13.3 Å². The Balaban J connectivity index is 3.09. The Kier molecular flexibility index (Phi) is 3.65. The van der Waals surface area contributed by atoms with Gasteiger partial charge in [0.2, 0.25) is 0 Å². The molecule has 1 heterocycles. The smallest absolute Gasteiger partial charge is 0.340 e. The van der Waals surface area contributed by atoms with Gasteiger partial charge in [-0.3, -0.25) is 0 Å². The Morgan fingerprint density at radius 2 is 2.50 bits per heavy atom. The van der Waals surface area contributed by atoms with E-state index in [2.05, 4.69) is 21.6 Å². The molecule has 0 aliphatic carbocycles. The Labute approximate surface area is 81.5 Å². The van der Waals surface area contributed by atoms with Crippen molar-refractivity contribution in [2.75, 3.05) is 13.7 Å². The number of ether oxygens (including phenoxy) is 1. The van der Waals surface area contributed by atoms with Gasteiger partial charge in [0.25, 0.3) is 0 Å². The van der Waals surface area contributed by atoms with Crippen molar-refractivity contribution >= 4 is 5.97 Å². The fraction of sp³-hybridized carbons (Fsp3) is 0.200. The summed E-state index contributed by atoms with van der Waals surface area (Å²) in [6.45, 7) is -0.267. The third-order valence-electron chi connectivity index (χ3n) is 1.50. The summed E-state index contributed by atoms with van der Waals surface area (Å²) >= 11 is 0. The van der Waals surface area contributed by atoms with Crippen LogP contribution in [0, 0.1) is 11.8 Å². The number of aliphatic hydroxyl groups excluding tert-OH is 1. The standard InChI is InChI=1S/C10H9NO3/c1-14-10(13)8-4-2-6-11-9(8)5-3-7-12/h2,4,6,12H,7H2,1H3. The highest BCUT2D eigenvalue weighted by atomic mass is 16.5. The maximum Gasteiger partial charge on any atom is 0.340 e. The summed E-state index contributed by atoms with van der Waals surface area (Å²) in [4.78, 5) is 15.1. The van der Waals surface area contributed by atoms with Crippen LogP contribution in [0.2, 0.25) is 0 Å². The van der Waals surface area contributed by atoms with E-state index in [0.717, 1.165) is 0 Å². The van der Waals surface area contributed by atoms with E-state index in [-0.39, 0.29) is 6.61 Å². The number of nitrogens with zero attached hydrogens (tertiary/aromatic N) is 1. The molecule has 1 aromatic rings. The molecule has 1 rings (SSSR count). The van der Waals surface area contributed by atoms with E-state index >= 15 is 0 Å². The zero-order valence-electron chi connectivity index (χ0n) is 7.65. The van der Waals surface area contributed by atoms with Gasteiger partial charge in [-0.1, -0.05) is 5.92 Å². The van der Waals surface area contributed by atoms with Crippen LogP contribution in [0.5, 0.6) is 0 Å². The first-order valence-corrected chi connectivity index (χ1v) is 3.92. The van der Waals surface area contributed by atoms with Gasteiger partial charge in [0.05, 0.1) is 12.7 Å². The summed E-state index contributed by atoms with van der Waals surface area (Å²) in [5, 5.41) is 8.50. The van der Waals surface area contributed by atoms with Crippen LogP contribution in [0.15, 0.2) is 18.3 Å². The Hall–Kier alpha value is -1.86. The third-order valence-corrected chi connectivity index (χ3v) is 1.50. The summed E-state index contributed by atoms with van der Waals surface area (Å²) < 4.78 is 4.55. The molecule has 4 heteroatoms. The number of aliphatic hydroxyl groups is 1. The summed E-state index contributed by atoms with van der Waals surface area (Å²) in [5.41, 5.74) is 0.615. The molecule has 0 spiro atoms. The highest BCUT2D eigenvalue weighted by molar-refractivity contribution is 5.91. The highest BCUT2D eigenvalue weighted by Gasteiger charge is 2.09. The van der Waals surface area contributed by atoms with Crippen LogP contribution in [0.3, 0.4) is 0 Å². The molecule has 0 aliphatic heterocycles. The molecule has 0 fully saturated rings. The first-order chi connectivity index (χ1) is 6.79. The van der Waals surface area contributed by atoms with E-state index in [1.54, 1.807) is 12.1 Å². The molecule has 0 unspecified atom stereocenters. The van der Waals surface area contributed by atoms with Crippen molar-refractivity contribution < 1.29 is 14.6 Å². The van der Waals surface area contributed by atoms with Gasteiger partial charge in [0, 0.05) is 6.20 Å². The summed E-state index contributed by atoms with van der Waals surface area (Å²) in [6.07, 6.45) is 1.52. The number of pyridine rings is 1. The molecule has 0 aliphatic rings. The number of hydrogen-bond acceptors (Lipinski definition) is 4. The molecule has 1 aromatic heterocycles. The molecule has 0 bridgehead atoms. The second-order valence-corrected chi connectivity index (χ2v) is 2.35. The minimum absolute atomic E-state index is 0.267. The number of aromatic nitrogens is 1. The topological polar surface area (TPSA) is 59.4 Å². The fourth-order valence-corrected chi connectivity index (χ4v) is 0.903. The molecular formula is C10H9NO3. The van der Waals surface area contributed by atoms with Crippen LogP contribution in [-0.4, -0.2) is 29.8 Å². The minimum atomic E-state index is -0.486. The lowest BCUT2D eigenvalue weighted by Crippen LogP contribution is -2.05. The van der Waals surface area contributed by atoms with Crippen molar-refractivity contribution in [1.82, 2.24) is 4.98 Å². The van der Waals surface area contributed by atoms with Crippen molar-refractivity contribution in [3.63, 3.8) is 0 Å². The molecule has 0 atom stereocenters. The van der Waals surface area contributed by atoms with Crippen LogP contribution < -0.4 is 0 Å². The Morgan fingerprint density at radius 1 is 1.71 bits per heavy atom. The number of methoxy groups -OCH3 is 1. The Bertz CT molecular complexity index is 390. The number of esters is 1. The number of rotatable bonds is 1. The van der Waals surface area contributed by atoms with Crippen LogP contribution in [0.1, 0.15) is 16.1 Å². The van der Waals surface area contributed by atoms with Crippen LogP contribution >= 0.6 is 0 Å². The maximum absolute atomic E-state index is 11.2. The van der Waals surface area contributed by atoms with Crippen molar-refractivity contribution in [2.45, 2.75) is 0 Å². The highest BCUT2D eigenvalue weighted by Crippen LogP contribution is 2.04. The number of carbonyl (C=O) groups excluding carboxylic acids is 1. The van der Waals surface area contributed by atoms with Gasteiger partial charge in [0.15, 0.2) is 0 Å². The third kappa shape index (κ3) is 2.31. The van der Waals surface area contributed by atoms with Gasteiger partial charge >= 0.3 is 5.97 Å². The average Bonchev–Trinajstić information content (AvgIpc) is 2.25. The van der Waals surface area contributed by atoms with Crippen LogP contribution in [-0.2, 0) is 4.74 Å². The molecule has 0 radical (unpaired) electrons. The molecule has 0 amide bonds. The predicted octanol–water partition coefficient (Wildman–Crippen LogP) is 0.212. The van der Waals surface area contributed by atoms with E-state index in [4.69, 9.17) is 5.11 Å². The summed E-state index contributed by atoms with van der Waals surface area (Å²) in [6, 6.07) is 3.19. The molecule has 72 valence electrons. The van der Waals surface area contributed by atoms with Crippen LogP contribution in [0.25, 0.3) is 0 Å². The largest absolute Gasteiger partial charge is 0.465 e. The fourth-order valence-electron chi connectivity index (χ4n) is 0.903. The summed E-state index contributed by atoms with van der Waals surface area (Å²) in [7, 11) is 1.29. The van der Waals surface area contributed by atoms with Gasteiger partial charge < -0.3 is 9.84 Å². The SMILES string of the molecule is COC(=O)c1cccnc1C#CCO.